The minimum atomic E-state index is -0.594. The van der Waals surface area contributed by atoms with Gasteiger partial charge in [0.25, 0.3) is 0 Å². The summed E-state index contributed by atoms with van der Waals surface area (Å²) in [6.07, 6.45) is 1.04. The SMILES string of the molecule is BC1OC2(COC)COCOC1C2OC=C. The van der Waals surface area contributed by atoms with Gasteiger partial charge >= 0.3 is 0 Å². The number of rotatable bonds is 4. The van der Waals surface area contributed by atoms with Crippen molar-refractivity contribution < 1.29 is 23.7 Å². The smallest absolute Gasteiger partial charge is 0.159 e. The second-order valence-corrected chi connectivity index (χ2v) is 4.14. The molecule has 2 saturated heterocycles. The minimum Gasteiger partial charge on any atom is -0.493 e. The topological polar surface area (TPSA) is 46.2 Å². The van der Waals surface area contributed by atoms with Gasteiger partial charge in [0.15, 0.2) is 11.7 Å². The number of methoxy groups -OCH3 is 1. The van der Waals surface area contributed by atoms with Gasteiger partial charge in [0.1, 0.15) is 20.7 Å². The van der Waals surface area contributed by atoms with Gasteiger partial charge in [0, 0.05) is 7.11 Å². The molecule has 2 fully saturated rings. The summed E-state index contributed by atoms with van der Waals surface area (Å²) in [7, 11) is 3.60. The number of ether oxygens (including phenoxy) is 5. The standard InChI is InChI=1S/C10H17BO5/c1-3-14-8-7-9(11)16-10(8,4-12-2)5-13-6-15-7/h3,7-9H,1,4-6,11H2,2H3. The fourth-order valence-corrected chi connectivity index (χ4v) is 2.44. The third-order valence-corrected chi connectivity index (χ3v) is 3.02. The van der Waals surface area contributed by atoms with E-state index in [0.29, 0.717) is 13.2 Å². The van der Waals surface area contributed by atoms with Gasteiger partial charge in [-0.3, -0.25) is 0 Å². The maximum Gasteiger partial charge on any atom is 0.159 e. The molecule has 2 aliphatic heterocycles. The van der Waals surface area contributed by atoms with Crippen LogP contribution in [0.4, 0.5) is 0 Å². The zero-order valence-electron chi connectivity index (χ0n) is 9.68. The number of hydrogen-bond acceptors (Lipinski definition) is 5. The molecule has 0 amide bonds. The van der Waals surface area contributed by atoms with Crippen molar-refractivity contribution in [3.8, 4) is 0 Å². The molecular formula is C10H17BO5. The normalized spacial score (nSPS) is 42.7. The summed E-state index contributed by atoms with van der Waals surface area (Å²) in [5.41, 5.74) is -0.594. The highest BCUT2D eigenvalue weighted by Crippen LogP contribution is 2.37. The van der Waals surface area contributed by atoms with Crippen LogP contribution in [0.1, 0.15) is 0 Å². The Balaban J connectivity index is 2.24. The van der Waals surface area contributed by atoms with E-state index in [0.717, 1.165) is 0 Å². The summed E-state index contributed by atoms with van der Waals surface area (Å²) >= 11 is 0. The monoisotopic (exact) mass is 228 g/mol. The van der Waals surface area contributed by atoms with Crippen molar-refractivity contribution >= 4 is 7.85 Å². The number of fused-ring (bicyclic) bond motifs is 2. The molecule has 4 atom stereocenters. The summed E-state index contributed by atoms with van der Waals surface area (Å²) in [5, 5.41) is 0. The predicted octanol–water partition coefficient (Wildman–Crippen LogP) is -0.737. The van der Waals surface area contributed by atoms with E-state index in [4.69, 9.17) is 23.7 Å². The van der Waals surface area contributed by atoms with E-state index in [1.165, 1.54) is 6.26 Å². The highest BCUT2D eigenvalue weighted by molar-refractivity contribution is 6.11. The lowest BCUT2D eigenvalue weighted by atomic mass is 9.89. The Morgan fingerprint density at radius 1 is 1.62 bits per heavy atom. The van der Waals surface area contributed by atoms with Crippen LogP contribution in [0.3, 0.4) is 0 Å². The lowest BCUT2D eigenvalue weighted by Crippen LogP contribution is -2.50. The van der Waals surface area contributed by atoms with Gasteiger partial charge in [-0.1, -0.05) is 6.58 Å². The summed E-state index contributed by atoms with van der Waals surface area (Å²) in [5.74, 6) is 0. The van der Waals surface area contributed by atoms with Crippen LogP contribution in [0.15, 0.2) is 12.8 Å². The molecule has 0 saturated carbocycles. The fraction of sp³-hybridized carbons (Fsp3) is 0.800. The Morgan fingerprint density at radius 3 is 3.12 bits per heavy atom. The zero-order chi connectivity index (χ0) is 11.6. The van der Waals surface area contributed by atoms with Crippen LogP contribution in [-0.2, 0) is 23.7 Å². The van der Waals surface area contributed by atoms with Gasteiger partial charge < -0.3 is 23.7 Å². The van der Waals surface area contributed by atoms with Crippen molar-refractivity contribution in [3.63, 3.8) is 0 Å². The first-order valence-corrected chi connectivity index (χ1v) is 5.36. The average molecular weight is 228 g/mol. The molecule has 90 valence electrons. The minimum absolute atomic E-state index is 0.0380. The lowest BCUT2D eigenvalue weighted by Gasteiger charge is -2.31. The van der Waals surface area contributed by atoms with E-state index in [2.05, 4.69) is 6.58 Å². The zero-order valence-corrected chi connectivity index (χ0v) is 9.68. The third kappa shape index (κ3) is 1.86. The van der Waals surface area contributed by atoms with Crippen LogP contribution in [0.5, 0.6) is 0 Å². The van der Waals surface area contributed by atoms with Gasteiger partial charge in [0.05, 0.1) is 25.5 Å². The quantitative estimate of drug-likeness (QED) is 0.468. The molecule has 2 rings (SSSR count). The molecule has 2 heterocycles. The Hall–Kier alpha value is -0.555. The third-order valence-electron chi connectivity index (χ3n) is 3.02. The molecule has 5 nitrogen and oxygen atoms in total. The van der Waals surface area contributed by atoms with Gasteiger partial charge in [-0.2, -0.15) is 0 Å². The van der Waals surface area contributed by atoms with E-state index >= 15 is 0 Å². The van der Waals surface area contributed by atoms with Crippen LogP contribution in [0, 0.1) is 0 Å². The molecule has 4 unspecified atom stereocenters. The molecule has 0 N–H and O–H groups in total. The maximum absolute atomic E-state index is 5.91. The van der Waals surface area contributed by atoms with Crippen LogP contribution in [0.2, 0.25) is 0 Å². The van der Waals surface area contributed by atoms with Crippen molar-refractivity contribution in [2.24, 2.45) is 0 Å². The van der Waals surface area contributed by atoms with Crippen LogP contribution in [0.25, 0.3) is 0 Å². The Labute approximate surface area is 96.0 Å². The summed E-state index contributed by atoms with van der Waals surface area (Å²) in [6.45, 7) is 4.66. The summed E-state index contributed by atoms with van der Waals surface area (Å²) < 4.78 is 27.6. The van der Waals surface area contributed by atoms with Crippen molar-refractivity contribution in [3.05, 3.63) is 12.8 Å². The fourth-order valence-electron chi connectivity index (χ4n) is 2.44. The molecule has 0 aromatic rings. The van der Waals surface area contributed by atoms with Crippen molar-refractivity contribution in [2.45, 2.75) is 23.8 Å². The molecule has 2 aliphatic rings. The molecule has 2 bridgehead atoms. The van der Waals surface area contributed by atoms with Crippen molar-refractivity contribution in [1.29, 1.82) is 0 Å². The molecule has 0 aromatic carbocycles. The highest BCUT2D eigenvalue weighted by Gasteiger charge is 2.57. The molecule has 6 heteroatoms. The Morgan fingerprint density at radius 2 is 2.44 bits per heavy atom. The maximum atomic E-state index is 5.91. The molecular weight excluding hydrogens is 211 g/mol. The Bertz CT molecular complexity index is 262. The lowest BCUT2D eigenvalue weighted by molar-refractivity contribution is -0.166. The van der Waals surface area contributed by atoms with Crippen LogP contribution >= 0.6 is 0 Å². The average Bonchev–Trinajstić information content (AvgIpc) is 2.40. The van der Waals surface area contributed by atoms with Crippen molar-refractivity contribution in [2.75, 3.05) is 27.1 Å². The van der Waals surface area contributed by atoms with E-state index in [9.17, 15) is 0 Å². The Kier molecular flexibility index (Phi) is 3.54. The predicted molar refractivity (Wildman–Crippen MR) is 58.8 cm³/mol. The van der Waals surface area contributed by atoms with E-state index in [1.807, 2.05) is 7.85 Å². The highest BCUT2D eigenvalue weighted by atomic mass is 16.7. The molecule has 0 aromatic heterocycles. The molecule has 0 aliphatic carbocycles. The van der Waals surface area contributed by atoms with Crippen LogP contribution in [-0.4, -0.2) is 58.8 Å². The number of hydrogen-bond donors (Lipinski definition) is 0. The van der Waals surface area contributed by atoms with Crippen LogP contribution < -0.4 is 0 Å². The summed E-state index contributed by atoms with van der Waals surface area (Å²) in [6, 6.07) is -0.0380. The molecule has 0 radical (unpaired) electrons. The first kappa shape index (κ1) is 11.9. The largest absolute Gasteiger partial charge is 0.493 e. The van der Waals surface area contributed by atoms with E-state index in [1.54, 1.807) is 7.11 Å². The van der Waals surface area contributed by atoms with Gasteiger partial charge in [-0.25, -0.2) is 0 Å². The van der Waals surface area contributed by atoms with Crippen molar-refractivity contribution in [1.82, 2.24) is 0 Å². The van der Waals surface area contributed by atoms with Gasteiger partial charge in [-0.15, -0.1) is 0 Å². The molecule has 16 heavy (non-hydrogen) atoms. The van der Waals surface area contributed by atoms with E-state index < -0.39 is 5.60 Å². The first-order chi connectivity index (χ1) is 7.73. The summed E-state index contributed by atoms with van der Waals surface area (Å²) in [4.78, 5) is 0. The second-order valence-electron chi connectivity index (χ2n) is 4.14. The first-order valence-electron chi connectivity index (χ1n) is 5.36. The second kappa shape index (κ2) is 4.75. The molecule has 0 spiro atoms. The van der Waals surface area contributed by atoms with Gasteiger partial charge in [-0.05, 0) is 0 Å². The van der Waals surface area contributed by atoms with E-state index in [-0.39, 0.29) is 25.0 Å². The van der Waals surface area contributed by atoms with Gasteiger partial charge in [0.2, 0.25) is 0 Å².